The molecule has 5 nitrogen and oxygen atoms in total. The van der Waals surface area contributed by atoms with E-state index in [1.807, 2.05) is 0 Å². The SMILES string of the molecule is CN(CCNS(C)(=O)=O)C(=O)Cc1c(Cl)cccc1Cl. The van der Waals surface area contributed by atoms with E-state index in [9.17, 15) is 13.2 Å². The Bertz CT molecular complexity index is 570. The standard InChI is InChI=1S/C12H16Cl2N2O3S/c1-16(7-6-15-20(2,18)19)12(17)8-9-10(13)4-3-5-11(9)14/h3-5,15H,6-8H2,1-2H3. The highest BCUT2D eigenvalue weighted by Gasteiger charge is 2.14. The molecule has 0 aliphatic rings. The van der Waals surface area contributed by atoms with Gasteiger partial charge in [-0.05, 0) is 17.7 Å². The molecule has 0 fully saturated rings. The van der Waals surface area contributed by atoms with Crippen LogP contribution in [0.5, 0.6) is 0 Å². The lowest BCUT2D eigenvalue weighted by molar-refractivity contribution is -0.129. The van der Waals surface area contributed by atoms with E-state index in [0.29, 0.717) is 15.6 Å². The zero-order valence-electron chi connectivity index (χ0n) is 11.2. The molecule has 0 spiro atoms. The van der Waals surface area contributed by atoms with Crippen LogP contribution < -0.4 is 4.72 Å². The van der Waals surface area contributed by atoms with E-state index in [0.717, 1.165) is 6.26 Å². The molecule has 20 heavy (non-hydrogen) atoms. The zero-order chi connectivity index (χ0) is 15.3. The normalized spacial score (nSPS) is 11.4. The Morgan fingerprint density at radius 2 is 1.85 bits per heavy atom. The Balaban J connectivity index is 2.58. The number of rotatable bonds is 6. The fourth-order valence-corrected chi connectivity index (χ4v) is 2.50. The molecule has 1 amide bonds. The number of hydrogen-bond acceptors (Lipinski definition) is 3. The summed E-state index contributed by atoms with van der Waals surface area (Å²) in [4.78, 5) is 13.4. The summed E-state index contributed by atoms with van der Waals surface area (Å²) in [6.45, 7) is 0.436. The molecule has 0 saturated heterocycles. The van der Waals surface area contributed by atoms with Gasteiger partial charge < -0.3 is 4.90 Å². The fourth-order valence-electron chi connectivity index (χ4n) is 1.51. The number of sulfonamides is 1. The first-order chi connectivity index (χ1) is 9.20. The average Bonchev–Trinajstić information content (AvgIpc) is 2.32. The summed E-state index contributed by atoms with van der Waals surface area (Å²) in [5, 5.41) is 0.877. The molecule has 1 aromatic carbocycles. The molecule has 112 valence electrons. The lowest BCUT2D eigenvalue weighted by atomic mass is 10.1. The van der Waals surface area contributed by atoms with E-state index < -0.39 is 10.0 Å². The van der Waals surface area contributed by atoms with Crippen molar-refractivity contribution in [3.8, 4) is 0 Å². The summed E-state index contributed by atoms with van der Waals surface area (Å²) < 4.78 is 24.1. The second-order valence-electron chi connectivity index (χ2n) is 4.36. The Morgan fingerprint density at radius 3 is 2.35 bits per heavy atom. The number of halogens is 2. The van der Waals surface area contributed by atoms with Gasteiger partial charge in [0.2, 0.25) is 15.9 Å². The smallest absolute Gasteiger partial charge is 0.226 e. The van der Waals surface area contributed by atoms with Crippen molar-refractivity contribution in [1.82, 2.24) is 9.62 Å². The maximum atomic E-state index is 12.0. The predicted octanol–water partition coefficient (Wildman–Crippen LogP) is 1.54. The predicted molar refractivity (Wildman–Crippen MR) is 80.6 cm³/mol. The highest BCUT2D eigenvalue weighted by Crippen LogP contribution is 2.24. The summed E-state index contributed by atoms with van der Waals surface area (Å²) in [7, 11) is -1.65. The Hall–Kier alpha value is -0.820. The van der Waals surface area contributed by atoms with E-state index in [4.69, 9.17) is 23.2 Å². The monoisotopic (exact) mass is 338 g/mol. The van der Waals surface area contributed by atoms with Crippen LogP contribution in [0.15, 0.2) is 18.2 Å². The number of carbonyl (C=O) groups excluding carboxylic acids is 1. The van der Waals surface area contributed by atoms with Crippen molar-refractivity contribution < 1.29 is 13.2 Å². The maximum absolute atomic E-state index is 12.0. The third kappa shape index (κ3) is 5.66. The molecule has 0 aliphatic heterocycles. The molecule has 0 atom stereocenters. The number of nitrogens with one attached hydrogen (secondary N) is 1. The summed E-state index contributed by atoms with van der Waals surface area (Å²) in [6, 6.07) is 5.04. The van der Waals surface area contributed by atoms with Crippen molar-refractivity contribution in [2.45, 2.75) is 6.42 Å². The highest BCUT2D eigenvalue weighted by atomic mass is 35.5. The first-order valence-corrected chi connectivity index (χ1v) is 8.47. The first-order valence-electron chi connectivity index (χ1n) is 5.82. The van der Waals surface area contributed by atoms with Crippen LogP contribution in [0.2, 0.25) is 10.0 Å². The number of hydrogen-bond donors (Lipinski definition) is 1. The molecule has 1 aromatic rings. The van der Waals surface area contributed by atoms with Gasteiger partial charge in [-0.25, -0.2) is 13.1 Å². The Morgan fingerprint density at radius 1 is 1.30 bits per heavy atom. The van der Waals surface area contributed by atoms with Gasteiger partial charge in [0.25, 0.3) is 0 Å². The van der Waals surface area contributed by atoms with Crippen LogP contribution in [0, 0.1) is 0 Å². The molecule has 0 heterocycles. The topological polar surface area (TPSA) is 66.5 Å². The van der Waals surface area contributed by atoms with Crippen LogP contribution in [0.25, 0.3) is 0 Å². The highest BCUT2D eigenvalue weighted by molar-refractivity contribution is 7.88. The molecule has 0 aliphatic carbocycles. The number of carbonyl (C=O) groups is 1. The molecule has 0 unspecified atom stereocenters. The van der Waals surface area contributed by atoms with Crippen molar-refractivity contribution in [1.29, 1.82) is 0 Å². The Kier molecular flexibility index (Phi) is 6.26. The summed E-state index contributed by atoms with van der Waals surface area (Å²) >= 11 is 12.0. The van der Waals surface area contributed by atoms with Crippen molar-refractivity contribution >= 4 is 39.1 Å². The average molecular weight is 339 g/mol. The van der Waals surface area contributed by atoms with Crippen molar-refractivity contribution in [2.24, 2.45) is 0 Å². The number of amides is 1. The van der Waals surface area contributed by atoms with Gasteiger partial charge >= 0.3 is 0 Å². The molecule has 1 N–H and O–H groups in total. The lowest BCUT2D eigenvalue weighted by Crippen LogP contribution is -2.36. The van der Waals surface area contributed by atoms with Gasteiger partial charge in [-0.15, -0.1) is 0 Å². The molecular weight excluding hydrogens is 323 g/mol. The summed E-state index contributed by atoms with van der Waals surface area (Å²) in [5.41, 5.74) is 0.573. The summed E-state index contributed by atoms with van der Waals surface area (Å²) in [5.74, 6) is -0.185. The second kappa shape index (κ2) is 7.26. The van der Waals surface area contributed by atoms with Crippen molar-refractivity contribution in [3.63, 3.8) is 0 Å². The van der Waals surface area contributed by atoms with E-state index in [1.165, 1.54) is 4.90 Å². The largest absolute Gasteiger partial charge is 0.344 e. The third-order valence-corrected chi connectivity index (χ3v) is 4.06. The fraction of sp³-hybridized carbons (Fsp3) is 0.417. The van der Waals surface area contributed by atoms with Gasteiger partial charge in [-0.2, -0.15) is 0 Å². The van der Waals surface area contributed by atoms with Gasteiger partial charge in [-0.1, -0.05) is 29.3 Å². The van der Waals surface area contributed by atoms with Crippen molar-refractivity contribution in [2.75, 3.05) is 26.4 Å². The quantitative estimate of drug-likeness (QED) is 0.855. The molecule has 0 saturated carbocycles. The minimum atomic E-state index is -3.25. The molecule has 0 bridgehead atoms. The molecule has 8 heteroatoms. The first kappa shape index (κ1) is 17.2. The van der Waals surface area contributed by atoms with Crippen LogP contribution >= 0.6 is 23.2 Å². The van der Waals surface area contributed by atoms with Gasteiger partial charge in [0.15, 0.2) is 0 Å². The van der Waals surface area contributed by atoms with Crippen LogP contribution in [0.3, 0.4) is 0 Å². The Labute approximate surface area is 128 Å². The van der Waals surface area contributed by atoms with Crippen LogP contribution in [0.4, 0.5) is 0 Å². The number of benzene rings is 1. The van der Waals surface area contributed by atoms with E-state index in [2.05, 4.69) is 4.72 Å². The minimum absolute atomic E-state index is 0.0773. The van der Waals surface area contributed by atoms with E-state index in [-0.39, 0.29) is 25.4 Å². The summed E-state index contributed by atoms with van der Waals surface area (Å²) in [6.07, 6.45) is 1.15. The minimum Gasteiger partial charge on any atom is -0.344 e. The van der Waals surface area contributed by atoms with Gasteiger partial charge in [-0.3, -0.25) is 4.79 Å². The van der Waals surface area contributed by atoms with E-state index in [1.54, 1.807) is 25.2 Å². The molecule has 0 radical (unpaired) electrons. The van der Waals surface area contributed by atoms with Crippen molar-refractivity contribution in [3.05, 3.63) is 33.8 Å². The lowest BCUT2D eigenvalue weighted by Gasteiger charge is -2.18. The van der Waals surface area contributed by atoms with Gasteiger partial charge in [0.05, 0.1) is 12.7 Å². The van der Waals surface area contributed by atoms with Gasteiger partial charge in [0.1, 0.15) is 0 Å². The second-order valence-corrected chi connectivity index (χ2v) is 7.01. The van der Waals surface area contributed by atoms with E-state index >= 15 is 0 Å². The third-order valence-electron chi connectivity index (χ3n) is 2.63. The van der Waals surface area contributed by atoms with Gasteiger partial charge in [0, 0.05) is 30.2 Å². The number of nitrogens with zero attached hydrogens (tertiary/aromatic N) is 1. The van der Waals surface area contributed by atoms with Crippen LogP contribution in [-0.4, -0.2) is 45.6 Å². The molecular formula is C12H16Cl2N2O3S. The zero-order valence-corrected chi connectivity index (χ0v) is 13.5. The molecule has 1 rings (SSSR count). The molecule has 0 aromatic heterocycles. The maximum Gasteiger partial charge on any atom is 0.226 e. The van der Waals surface area contributed by atoms with Crippen LogP contribution in [0.1, 0.15) is 5.56 Å². The van der Waals surface area contributed by atoms with Crippen LogP contribution in [-0.2, 0) is 21.2 Å². The number of likely N-dealkylation sites (N-methyl/N-ethyl adjacent to an activating group) is 1.